The van der Waals surface area contributed by atoms with Crippen LogP contribution in [0.15, 0.2) is 11.6 Å². The van der Waals surface area contributed by atoms with Gasteiger partial charge in [-0.15, -0.1) is 0 Å². The lowest BCUT2D eigenvalue weighted by Gasteiger charge is -2.19. The molecule has 3 rings (SSSR count). The van der Waals surface area contributed by atoms with E-state index in [4.69, 9.17) is 5.11 Å². The minimum absolute atomic E-state index is 0.00778. The number of anilines is 1. The summed E-state index contributed by atoms with van der Waals surface area (Å²) in [6.45, 7) is 0.356. The van der Waals surface area contributed by atoms with Crippen LogP contribution in [0.4, 0.5) is 11.6 Å². The predicted octanol–water partition coefficient (Wildman–Crippen LogP) is 1.27. The Morgan fingerprint density at radius 3 is 3.06 bits per heavy atom. The number of thiazole rings is 1. The molecule has 0 atom stereocenters. The molecule has 1 fully saturated rings. The molecule has 1 aliphatic rings. The molecule has 1 N–H and O–H groups in total. The molecule has 0 bridgehead atoms. The number of rotatable bonds is 5. The fraction of sp³-hybridized carbons (Fsp3) is 0.500. The van der Waals surface area contributed by atoms with E-state index in [0.29, 0.717) is 17.3 Å². The summed E-state index contributed by atoms with van der Waals surface area (Å²) in [5, 5.41) is 22.1. The molecule has 0 spiro atoms. The first-order valence-corrected chi connectivity index (χ1v) is 6.57. The van der Waals surface area contributed by atoms with E-state index < -0.39 is 4.92 Å². The molecule has 1 aliphatic carbocycles. The fourth-order valence-electron chi connectivity index (χ4n) is 2.08. The third-order valence-electron chi connectivity index (χ3n) is 2.99. The molecule has 7 nitrogen and oxygen atoms in total. The van der Waals surface area contributed by atoms with E-state index in [1.807, 2.05) is 4.90 Å². The average molecular weight is 268 g/mol. The van der Waals surface area contributed by atoms with Gasteiger partial charge in [0.05, 0.1) is 6.61 Å². The van der Waals surface area contributed by atoms with Crippen LogP contribution in [0, 0.1) is 10.1 Å². The summed E-state index contributed by atoms with van der Waals surface area (Å²) in [7, 11) is 0. The molecule has 0 aromatic carbocycles. The lowest BCUT2D eigenvalue weighted by atomic mass is 10.4. The van der Waals surface area contributed by atoms with E-state index in [2.05, 4.69) is 4.98 Å². The minimum atomic E-state index is -0.408. The molecule has 96 valence electrons. The van der Waals surface area contributed by atoms with E-state index in [0.717, 1.165) is 12.8 Å². The molecule has 8 heteroatoms. The summed E-state index contributed by atoms with van der Waals surface area (Å²) < 4.78 is 1.49. The van der Waals surface area contributed by atoms with Crippen molar-refractivity contribution in [2.24, 2.45) is 0 Å². The van der Waals surface area contributed by atoms with Crippen molar-refractivity contribution in [2.45, 2.75) is 18.9 Å². The summed E-state index contributed by atoms with van der Waals surface area (Å²) in [6.07, 6.45) is 3.66. The van der Waals surface area contributed by atoms with Crippen LogP contribution in [0.1, 0.15) is 12.8 Å². The van der Waals surface area contributed by atoms with Gasteiger partial charge in [-0.25, -0.2) is 0 Å². The zero-order valence-electron chi connectivity index (χ0n) is 9.52. The Morgan fingerprint density at radius 1 is 1.67 bits per heavy atom. The molecule has 2 heterocycles. The highest BCUT2D eigenvalue weighted by Crippen LogP contribution is 2.37. The standard InChI is InChI=1S/C10H12N4O3S/c15-5-3-12(7-1-2-7)8-9(14(16)17)13-4-6-18-10(13)11-8/h4,6-7,15H,1-3,5H2. The van der Waals surface area contributed by atoms with E-state index in [1.54, 1.807) is 11.6 Å². The van der Waals surface area contributed by atoms with Crippen LogP contribution in [0.25, 0.3) is 4.96 Å². The maximum Gasteiger partial charge on any atom is 0.373 e. The summed E-state index contributed by atoms with van der Waals surface area (Å²) in [5.41, 5.74) is 0. The van der Waals surface area contributed by atoms with E-state index in [1.165, 1.54) is 15.7 Å². The second kappa shape index (κ2) is 4.21. The molecule has 2 aromatic heterocycles. The van der Waals surface area contributed by atoms with Crippen molar-refractivity contribution in [3.8, 4) is 0 Å². The van der Waals surface area contributed by atoms with Gasteiger partial charge in [0.15, 0.2) is 0 Å². The lowest BCUT2D eigenvalue weighted by Crippen LogP contribution is -2.29. The van der Waals surface area contributed by atoms with Gasteiger partial charge < -0.3 is 20.1 Å². The third kappa shape index (κ3) is 1.73. The Balaban J connectivity index is 2.10. The first-order chi connectivity index (χ1) is 8.72. The molecular formula is C10H12N4O3S. The smallest absolute Gasteiger partial charge is 0.373 e. The number of aliphatic hydroxyl groups excluding tert-OH is 1. The number of nitrogens with zero attached hydrogens (tertiary/aromatic N) is 4. The zero-order valence-corrected chi connectivity index (χ0v) is 10.3. The number of aromatic nitrogens is 2. The molecule has 0 unspecified atom stereocenters. The van der Waals surface area contributed by atoms with Crippen LogP contribution >= 0.6 is 11.3 Å². The summed E-state index contributed by atoms with van der Waals surface area (Å²) in [4.78, 5) is 17.6. The Bertz CT molecular complexity index is 589. The highest BCUT2D eigenvalue weighted by Gasteiger charge is 2.36. The number of fused-ring (bicyclic) bond motifs is 1. The first kappa shape index (κ1) is 11.4. The van der Waals surface area contributed by atoms with Gasteiger partial charge in [-0.2, -0.15) is 9.38 Å². The zero-order chi connectivity index (χ0) is 12.7. The molecular weight excluding hydrogens is 256 g/mol. The number of aliphatic hydroxyl groups is 1. The molecule has 2 aromatic rings. The van der Waals surface area contributed by atoms with Crippen molar-refractivity contribution < 1.29 is 10.0 Å². The first-order valence-electron chi connectivity index (χ1n) is 5.70. The van der Waals surface area contributed by atoms with Crippen molar-refractivity contribution in [3.63, 3.8) is 0 Å². The molecule has 18 heavy (non-hydrogen) atoms. The normalized spacial score (nSPS) is 15.2. The van der Waals surface area contributed by atoms with Crippen LogP contribution in [0.2, 0.25) is 0 Å². The molecule has 1 saturated carbocycles. The average Bonchev–Trinajstić information content (AvgIpc) is 2.94. The second-order valence-electron chi connectivity index (χ2n) is 4.22. The number of hydrogen-bond donors (Lipinski definition) is 1. The highest BCUT2D eigenvalue weighted by molar-refractivity contribution is 7.15. The van der Waals surface area contributed by atoms with Crippen LogP contribution in [0.3, 0.4) is 0 Å². The maximum absolute atomic E-state index is 11.2. The van der Waals surface area contributed by atoms with Gasteiger partial charge in [0, 0.05) is 18.0 Å². The van der Waals surface area contributed by atoms with Crippen LogP contribution in [-0.2, 0) is 0 Å². The SMILES string of the molecule is O=[N+]([O-])c1c(N(CCO)C2CC2)nc2sccn12. The number of nitro groups is 1. The minimum Gasteiger partial charge on any atom is -0.395 e. The Labute approximate surface area is 106 Å². The number of imidazole rings is 1. The Morgan fingerprint density at radius 2 is 2.44 bits per heavy atom. The van der Waals surface area contributed by atoms with Crippen molar-refractivity contribution in [1.82, 2.24) is 9.38 Å². The molecule has 0 aliphatic heterocycles. The van der Waals surface area contributed by atoms with Gasteiger partial charge in [-0.05, 0) is 17.8 Å². The van der Waals surface area contributed by atoms with Crippen molar-refractivity contribution in [1.29, 1.82) is 0 Å². The van der Waals surface area contributed by atoms with Crippen molar-refractivity contribution >= 4 is 27.9 Å². The molecule has 0 radical (unpaired) electrons. The highest BCUT2D eigenvalue weighted by atomic mass is 32.1. The number of hydrogen-bond acceptors (Lipinski definition) is 6. The second-order valence-corrected chi connectivity index (χ2v) is 5.09. The van der Waals surface area contributed by atoms with Crippen molar-refractivity contribution in [3.05, 3.63) is 21.7 Å². The Hall–Kier alpha value is -1.67. The maximum atomic E-state index is 11.2. The van der Waals surface area contributed by atoms with Crippen LogP contribution < -0.4 is 4.90 Å². The lowest BCUT2D eigenvalue weighted by molar-refractivity contribution is -0.389. The summed E-state index contributed by atoms with van der Waals surface area (Å²) in [6, 6.07) is 0.278. The van der Waals surface area contributed by atoms with Gasteiger partial charge >= 0.3 is 5.82 Å². The monoisotopic (exact) mass is 268 g/mol. The topological polar surface area (TPSA) is 83.9 Å². The summed E-state index contributed by atoms with van der Waals surface area (Å²) >= 11 is 1.37. The molecule has 0 saturated heterocycles. The third-order valence-corrected chi connectivity index (χ3v) is 3.75. The van der Waals surface area contributed by atoms with E-state index in [-0.39, 0.29) is 18.5 Å². The molecule has 0 amide bonds. The van der Waals surface area contributed by atoms with Crippen LogP contribution in [-0.4, -0.2) is 38.6 Å². The van der Waals surface area contributed by atoms with Gasteiger partial charge in [0.25, 0.3) is 4.96 Å². The van der Waals surface area contributed by atoms with Gasteiger partial charge in [-0.3, -0.25) is 0 Å². The Kier molecular flexibility index (Phi) is 2.67. The van der Waals surface area contributed by atoms with Crippen molar-refractivity contribution in [2.75, 3.05) is 18.1 Å². The van der Waals surface area contributed by atoms with Gasteiger partial charge in [0.2, 0.25) is 5.82 Å². The van der Waals surface area contributed by atoms with Gasteiger partial charge in [-0.1, -0.05) is 11.3 Å². The van der Waals surface area contributed by atoms with Gasteiger partial charge in [0.1, 0.15) is 6.20 Å². The predicted molar refractivity (Wildman–Crippen MR) is 67.2 cm³/mol. The van der Waals surface area contributed by atoms with Crippen LogP contribution in [0.5, 0.6) is 0 Å². The largest absolute Gasteiger partial charge is 0.395 e. The quantitative estimate of drug-likeness (QED) is 0.652. The van der Waals surface area contributed by atoms with E-state index >= 15 is 0 Å². The fourth-order valence-corrected chi connectivity index (χ4v) is 2.78. The van der Waals surface area contributed by atoms with E-state index in [9.17, 15) is 10.1 Å². The summed E-state index contributed by atoms with van der Waals surface area (Å²) in [5.74, 6) is 0.370.